The molecule has 49 valence electrons. The van der Waals surface area contributed by atoms with Crippen LogP contribution in [0.2, 0.25) is 5.15 Å². The molecule has 1 rings (SSSR count). The van der Waals surface area contributed by atoms with E-state index in [1.165, 1.54) is 13.1 Å². The maximum Gasteiger partial charge on any atom is 0.130 e. The van der Waals surface area contributed by atoms with E-state index in [2.05, 4.69) is 10.2 Å². The highest BCUT2D eigenvalue weighted by Crippen LogP contribution is 2.18. The van der Waals surface area contributed by atoms with Crippen molar-refractivity contribution in [1.82, 2.24) is 10.2 Å². The third-order valence-electron chi connectivity index (χ3n) is 1.06. The number of H-pyrrole nitrogens is 1. The second-order valence-corrected chi connectivity index (χ2v) is 2.16. The van der Waals surface area contributed by atoms with Gasteiger partial charge in [-0.3, -0.25) is 5.10 Å². The normalized spacial score (nSPS) is 13.7. The van der Waals surface area contributed by atoms with Gasteiger partial charge in [0.1, 0.15) is 11.3 Å². The molecule has 1 N–H and O–H groups in total. The van der Waals surface area contributed by atoms with Crippen LogP contribution in [0.4, 0.5) is 0 Å². The summed E-state index contributed by atoms with van der Waals surface area (Å²) in [5.41, 5.74) is 0.525. The van der Waals surface area contributed by atoms with Crippen molar-refractivity contribution in [3.05, 3.63) is 16.9 Å². The molecule has 1 aromatic rings. The van der Waals surface area contributed by atoms with Gasteiger partial charge in [-0.2, -0.15) is 5.10 Å². The highest BCUT2D eigenvalue weighted by atomic mass is 35.5. The summed E-state index contributed by atoms with van der Waals surface area (Å²) in [5.74, 6) is 0. The van der Waals surface area contributed by atoms with Gasteiger partial charge in [-0.25, -0.2) is 5.11 Å². The van der Waals surface area contributed by atoms with Gasteiger partial charge >= 0.3 is 0 Å². The Kier molecular flexibility index (Phi) is 1.73. The molecule has 1 atom stereocenters. The molecule has 1 heterocycles. The molecule has 0 fully saturated rings. The summed E-state index contributed by atoms with van der Waals surface area (Å²) in [4.78, 5) is 0. The van der Waals surface area contributed by atoms with Crippen LogP contribution in [0.15, 0.2) is 6.20 Å². The van der Waals surface area contributed by atoms with Crippen LogP contribution >= 0.6 is 11.6 Å². The summed E-state index contributed by atoms with van der Waals surface area (Å²) in [6.45, 7) is 1.52. The molecule has 1 radical (unpaired) electrons. The van der Waals surface area contributed by atoms with Crippen LogP contribution < -0.4 is 0 Å². The van der Waals surface area contributed by atoms with Gasteiger partial charge in [-0.15, -0.1) is 0 Å². The first-order valence-electron chi connectivity index (χ1n) is 2.56. The minimum atomic E-state index is -0.795. The molecule has 0 aliphatic carbocycles. The molecule has 0 bridgehead atoms. The minimum Gasteiger partial charge on any atom is -0.267 e. The van der Waals surface area contributed by atoms with Gasteiger partial charge in [0.2, 0.25) is 0 Å². The topological polar surface area (TPSA) is 48.6 Å². The molecule has 0 aliphatic heterocycles. The number of halogens is 1. The van der Waals surface area contributed by atoms with Gasteiger partial charge in [0.15, 0.2) is 0 Å². The molecular formula is C5H6ClN2O. The summed E-state index contributed by atoms with van der Waals surface area (Å²) in [7, 11) is 0. The monoisotopic (exact) mass is 145 g/mol. The van der Waals surface area contributed by atoms with E-state index in [1.807, 2.05) is 0 Å². The Hall–Kier alpha value is -0.540. The molecule has 1 unspecified atom stereocenters. The zero-order valence-corrected chi connectivity index (χ0v) is 5.64. The summed E-state index contributed by atoms with van der Waals surface area (Å²) < 4.78 is 0. The fourth-order valence-electron chi connectivity index (χ4n) is 0.563. The molecule has 0 saturated heterocycles. The number of aromatic nitrogens is 2. The first-order valence-corrected chi connectivity index (χ1v) is 2.94. The first-order chi connectivity index (χ1) is 4.22. The van der Waals surface area contributed by atoms with E-state index in [4.69, 9.17) is 11.6 Å². The van der Waals surface area contributed by atoms with Crippen molar-refractivity contribution >= 4 is 11.6 Å². The Balaban J connectivity index is 2.94. The van der Waals surface area contributed by atoms with Crippen molar-refractivity contribution in [2.24, 2.45) is 0 Å². The fraction of sp³-hybridized carbons (Fsp3) is 0.400. The zero-order chi connectivity index (χ0) is 6.85. The Morgan fingerprint density at radius 2 is 2.56 bits per heavy atom. The van der Waals surface area contributed by atoms with Crippen LogP contribution in [0.1, 0.15) is 18.6 Å². The third-order valence-corrected chi connectivity index (χ3v) is 1.36. The summed E-state index contributed by atoms with van der Waals surface area (Å²) >= 11 is 5.52. The van der Waals surface area contributed by atoms with Crippen LogP contribution in [-0.4, -0.2) is 10.2 Å². The van der Waals surface area contributed by atoms with Gasteiger partial charge in [0.05, 0.1) is 6.20 Å². The van der Waals surface area contributed by atoms with Gasteiger partial charge < -0.3 is 0 Å². The average molecular weight is 146 g/mol. The third kappa shape index (κ3) is 1.23. The second-order valence-electron chi connectivity index (χ2n) is 1.78. The molecule has 0 aromatic carbocycles. The molecule has 9 heavy (non-hydrogen) atoms. The zero-order valence-electron chi connectivity index (χ0n) is 4.89. The molecule has 3 nitrogen and oxygen atoms in total. The molecule has 0 spiro atoms. The highest BCUT2D eigenvalue weighted by Gasteiger charge is 2.08. The molecule has 0 amide bonds. The quantitative estimate of drug-likeness (QED) is 0.641. The Bertz CT molecular complexity index is 197. The van der Waals surface area contributed by atoms with Crippen molar-refractivity contribution in [3.8, 4) is 0 Å². The minimum absolute atomic E-state index is 0.345. The molecular weight excluding hydrogens is 140 g/mol. The second kappa shape index (κ2) is 2.37. The van der Waals surface area contributed by atoms with E-state index in [9.17, 15) is 5.11 Å². The SMILES string of the molecule is CC([O])c1cn[nH]c1Cl. The number of rotatable bonds is 1. The number of hydrogen-bond donors (Lipinski definition) is 1. The maximum atomic E-state index is 10.7. The standard InChI is InChI=1S/C5H6ClN2O/c1-3(9)4-2-7-8-5(4)6/h2-3H,1H3,(H,7,8). The Morgan fingerprint density at radius 3 is 2.78 bits per heavy atom. The van der Waals surface area contributed by atoms with E-state index in [0.29, 0.717) is 10.7 Å². The van der Waals surface area contributed by atoms with E-state index in [0.717, 1.165) is 0 Å². The lowest BCUT2D eigenvalue weighted by molar-refractivity contribution is 0.106. The van der Waals surface area contributed by atoms with Gasteiger partial charge in [0.25, 0.3) is 0 Å². The number of aromatic amines is 1. The van der Waals surface area contributed by atoms with Crippen molar-refractivity contribution < 1.29 is 5.11 Å². The fourth-order valence-corrected chi connectivity index (χ4v) is 0.814. The molecule has 1 aromatic heterocycles. The molecule has 0 aliphatic rings. The first kappa shape index (κ1) is 6.58. The van der Waals surface area contributed by atoms with E-state index >= 15 is 0 Å². The van der Waals surface area contributed by atoms with Crippen molar-refractivity contribution in [3.63, 3.8) is 0 Å². The lowest BCUT2D eigenvalue weighted by atomic mass is 10.2. The van der Waals surface area contributed by atoms with Crippen LogP contribution in [0.25, 0.3) is 0 Å². The largest absolute Gasteiger partial charge is 0.267 e. The van der Waals surface area contributed by atoms with E-state index < -0.39 is 6.10 Å². The summed E-state index contributed by atoms with van der Waals surface area (Å²) in [6, 6.07) is 0. The van der Waals surface area contributed by atoms with Crippen molar-refractivity contribution in [2.75, 3.05) is 0 Å². The van der Waals surface area contributed by atoms with Crippen molar-refractivity contribution in [2.45, 2.75) is 13.0 Å². The summed E-state index contributed by atoms with van der Waals surface area (Å²) in [6.07, 6.45) is 0.649. The molecule has 0 saturated carbocycles. The lowest BCUT2D eigenvalue weighted by Gasteiger charge is -1.94. The number of nitrogens with zero attached hydrogens (tertiary/aromatic N) is 1. The van der Waals surface area contributed by atoms with Crippen LogP contribution in [0.3, 0.4) is 0 Å². The molecule has 4 heteroatoms. The maximum absolute atomic E-state index is 10.7. The van der Waals surface area contributed by atoms with E-state index in [-0.39, 0.29) is 0 Å². The Morgan fingerprint density at radius 1 is 1.89 bits per heavy atom. The van der Waals surface area contributed by atoms with Crippen LogP contribution in [0.5, 0.6) is 0 Å². The Labute approximate surface area is 57.7 Å². The van der Waals surface area contributed by atoms with Gasteiger partial charge in [-0.05, 0) is 6.92 Å². The van der Waals surface area contributed by atoms with E-state index in [1.54, 1.807) is 0 Å². The smallest absolute Gasteiger partial charge is 0.130 e. The predicted octanol–water partition coefficient (Wildman–Crippen LogP) is 1.55. The average Bonchev–Trinajstić information content (AvgIpc) is 2.13. The van der Waals surface area contributed by atoms with Crippen LogP contribution in [0, 0.1) is 0 Å². The lowest BCUT2D eigenvalue weighted by Crippen LogP contribution is -1.85. The summed E-state index contributed by atoms with van der Waals surface area (Å²) in [5, 5.41) is 17.1. The van der Waals surface area contributed by atoms with Crippen molar-refractivity contribution in [1.29, 1.82) is 0 Å². The van der Waals surface area contributed by atoms with Crippen LogP contribution in [-0.2, 0) is 5.11 Å². The number of hydrogen-bond acceptors (Lipinski definition) is 1. The van der Waals surface area contributed by atoms with Gasteiger partial charge in [0, 0.05) is 5.56 Å². The van der Waals surface area contributed by atoms with Gasteiger partial charge in [-0.1, -0.05) is 11.6 Å². The highest BCUT2D eigenvalue weighted by molar-refractivity contribution is 6.30. The number of nitrogens with one attached hydrogen (secondary N) is 1. The predicted molar refractivity (Wildman–Crippen MR) is 32.7 cm³/mol.